The molecule has 1 saturated carbocycles. The van der Waals surface area contributed by atoms with Crippen molar-refractivity contribution in [2.45, 2.75) is 38.6 Å². The van der Waals surface area contributed by atoms with Crippen molar-refractivity contribution in [1.82, 2.24) is 5.32 Å². The van der Waals surface area contributed by atoms with Gasteiger partial charge >= 0.3 is 5.97 Å². The highest BCUT2D eigenvalue weighted by molar-refractivity contribution is 5.83. The molecule has 5 nitrogen and oxygen atoms in total. The highest BCUT2D eigenvalue weighted by Crippen LogP contribution is 2.59. The van der Waals surface area contributed by atoms with Gasteiger partial charge in [-0.2, -0.15) is 0 Å². The molecule has 5 heteroatoms. The van der Waals surface area contributed by atoms with Crippen LogP contribution in [0.1, 0.15) is 42.9 Å². The first-order valence-corrected chi connectivity index (χ1v) is 8.17. The van der Waals surface area contributed by atoms with Crippen LogP contribution < -0.4 is 5.32 Å². The lowest BCUT2D eigenvalue weighted by atomic mass is 9.93. The van der Waals surface area contributed by atoms with Crippen LogP contribution in [0.5, 0.6) is 0 Å². The van der Waals surface area contributed by atoms with Gasteiger partial charge in [-0.15, -0.1) is 0 Å². The van der Waals surface area contributed by atoms with Gasteiger partial charge in [0.05, 0.1) is 12.5 Å². The van der Waals surface area contributed by atoms with E-state index in [0.29, 0.717) is 0 Å². The highest BCUT2D eigenvalue weighted by Gasteiger charge is 2.58. The molecule has 2 fully saturated rings. The number of hydrogen-bond acceptors (Lipinski definition) is 3. The van der Waals surface area contributed by atoms with E-state index in [-0.39, 0.29) is 23.7 Å². The fourth-order valence-corrected chi connectivity index (χ4v) is 3.71. The Morgan fingerprint density at radius 2 is 2.04 bits per heavy atom. The van der Waals surface area contributed by atoms with Crippen molar-refractivity contribution in [1.29, 1.82) is 0 Å². The Morgan fingerprint density at radius 3 is 2.70 bits per heavy atom. The number of nitrogens with one attached hydrogen (secondary N) is 1. The maximum Gasteiger partial charge on any atom is 0.305 e. The van der Waals surface area contributed by atoms with E-state index in [9.17, 15) is 14.7 Å². The van der Waals surface area contributed by atoms with E-state index in [1.807, 2.05) is 31.2 Å². The lowest BCUT2D eigenvalue weighted by Crippen LogP contribution is -2.34. The molecule has 23 heavy (non-hydrogen) atoms. The summed E-state index contributed by atoms with van der Waals surface area (Å²) in [7, 11) is 0. The molecule has 0 radical (unpaired) electrons. The number of carbonyl (C=O) groups excluding carboxylic acids is 1. The first-order valence-electron chi connectivity index (χ1n) is 8.17. The van der Waals surface area contributed by atoms with Gasteiger partial charge < -0.3 is 15.2 Å². The minimum absolute atomic E-state index is 0.00622. The summed E-state index contributed by atoms with van der Waals surface area (Å²) in [5, 5.41) is 12.2. The van der Waals surface area contributed by atoms with E-state index in [0.717, 1.165) is 43.6 Å². The minimum atomic E-state index is -0.907. The van der Waals surface area contributed by atoms with Gasteiger partial charge in [-0.3, -0.25) is 9.59 Å². The van der Waals surface area contributed by atoms with E-state index >= 15 is 0 Å². The molecule has 1 aromatic carbocycles. The van der Waals surface area contributed by atoms with Crippen LogP contribution in [-0.4, -0.2) is 30.2 Å². The second-order valence-electron chi connectivity index (χ2n) is 6.75. The summed E-state index contributed by atoms with van der Waals surface area (Å²) in [6.45, 7) is 3.38. The predicted octanol–water partition coefficient (Wildman–Crippen LogP) is 2.44. The topological polar surface area (TPSA) is 75.6 Å². The number of ether oxygens (including phenoxy) is 1. The molecule has 0 bridgehead atoms. The molecule has 1 aliphatic carbocycles. The second kappa shape index (κ2) is 6.32. The Bertz CT molecular complexity index is 607. The molecule has 3 rings (SSSR count). The second-order valence-corrected chi connectivity index (χ2v) is 6.75. The van der Waals surface area contributed by atoms with Crippen molar-refractivity contribution in [2.24, 2.45) is 11.3 Å². The molecule has 2 aliphatic rings. The summed E-state index contributed by atoms with van der Waals surface area (Å²) >= 11 is 0. The van der Waals surface area contributed by atoms with Gasteiger partial charge in [0.15, 0.2) is 0 Å². The van der Waals surface area contributed by atoms with Crippen LogP contribution in [0.2, 0.25) is 0 Å². The summed E-state index contributed by atoms with van der Waals surface area (Å²) in [6, 6.07) is 7.14. The number of aliphatic carboxylic acids is 1. The third kappa shape index (κ3) is 3.39. The Kier molecular flexibility index (Phi) is 4.39. The summed E-state index contributed by atoms with van der Waals surface area (Å²) < 4.78 is 5.38. The van der Waals surface area contributed by atoms with Gasteiger partial charge in [-0.05, 0) is 42.7 Å². The summed E-state index contributed by atoms with van der Waals surface area (Å²) in [5.41, 5.74) is 1.97. The number of aryl methyl sites for hydroxylation is 1. The van der Waals surface area contributed by atoms with Crippen LogP contribution in [0.25, 0.3) is 0 Å². The van der Waals surface area contributed by atoms with Crippen LogP contribution in [-0.2, 0) is 14.3 Å². The Balaban J connectivity index is 1.71. The number of rotatable bonds is 5. The molecular weight excluding hydrogens is 294 g/mol. The first kappa shape index (κ1) is 16.0. The van der Waals surface area contributed by atoms with Crippen LogP contribution >= 0.6 is 0 Å². The predicted molar refractivity (Wildman–Crippen MR) is 84.9 cm³/mol. The Labute approximate surface area is 136 Å². The van der Waals surface area contributed by atoms with Gasteiger partial charge in [-0.1, -0.05) is 24.3 Å². The zero-order chi connectivity index (χ0) is 16.4. The number of hydrogen-bond donors (Lipinski definition) is 2. The maximum absolute atomic E-state index is 12.6. The molecule has 1 spiro atoms. The summed E-state index contributed by atoms with van der Waals surface area (Å²) in [6.07, 6.45) is 2.66. The van der Waals surface area contributed by atoms with Gasteiger partial charge in [0.25, 0.3) is 0 Å². The van der Waals surface area contributed by atoms with Crippen molar-refractivity contribution in [3.05, 3.63) is 35.4 Å². The number of carbonyl (C=O) groups is 2. The van der Waals surface area contributed by atoms with E-state index in [2.05, 4.69) is 5.32 Å². The van der Waals surface area contributed by atoms with Crippen molar-refractivity contribution in [3.63, 3.8) is 0 Å². The highest BCUT2D eigenvalue weighted by atomic mass is 16.5. The third-order valence-corrected chi connectivity index (χ3v) is 5.25. The van der Waals surface area contributed by atoms with Crippen molar-refractivity contribution < 1.29 is 19.4 Å². The van der Waals surface area contributed by atoms with Crippen LogP contribution in [0.3, 0.4) is 0 Å². The zero-order valence-corrected chi connectivity index (χ0v) is 13.4. The molecular formula is C18H23NO4. The largest absolute Gasteiger partial charge is 0.481 e. The van der Waals surface area contributed by atoms with Gasteiger partial charge in [0, 0.05) is 19.1 Å². The van der Waals surface area contributed by atoms with E-state index in [1.165, 1.54) is 0 Å². The van der Waals surface area contributed by atoms with Crippen molar-refractivity contribution in [3.8, 4) is 0 Å². The van der Waals surface area contributed by atoms with E-state index < -0.39 is 12.0 Å². The van der Waals surface area contributed by atoms with E-state index in [1.54, 1.807) is 0 Å². The minimum Gasteiger partial charge on any atom is -0.481 e. The fraction of sp³-hybridized carbons (Fsp3) is 0.556. The lowest BCUT2D eigenvalue weighted by molar-refractivity contribution is -0.137. The quantitative estimate of drug-likeness (QED) is 0.874. The average Bonchev–Trinajstić information content (AvgIpc) is 3.20. The normalized spacial score (nSPS) is 23.3. The molecule has 124 valence electrons. The summed E-state index contributed by atoms with van der Waals surface area (Å²) in [5.74, 6) is -0.914. The van der Waals surface area contributed by atoms with Crippen molar-refractivity contribution in [2.75, 3.05) is 13.2 Å². The third-order valence-electron chi connectivity index (χ3n) is 5.25. The number of carboxylic acid groups (broad SMARTS) is 1. The lowest BCUT2D eigenvalue weighted by Gasteiger charge is -2.24. The molecule has 2 atom stereocenters. The van der Waals surface area contributed by atoms with Gasteiger partial charge in [0.1, 0.15) is 0 Å². The zero-order valence-electron chi connectivity index (χ0n) is 13.4. The van der Waals surface area contributed by atoms with Crippen LogP contribution in [0.4, 0.5) is 0 Å². The average molecular weight is 317 g/mol. The van der Waals surface area contributed by atoms with Crippen molar-refractivity contribution >= 4 is 11.9 Å². The van der Waals surface area contributed by atoms with Gasteiger partial charge in [-0.25, -0.2) is 0 Å². The molecule has 1 saturated heterocycles. The molecule has 1 aromatic rings. The number of amides is 1. The SMILES string of the molecule is Cc1ccccc1[C@H](CC(=O)O)NC(=O)[C@H]1CC12CCOCC2. The smallest absolute Gasteiger partial charge is 0.305 e. The fourth-order valence-electron chi connectivity index (χ4n) is 3.71. The number of carboxylic acids is 1. The first-order chi connectivity index (χ1) is 11.0. The Hall–Kier alpha value is -1.88. The summed E-state index contributed by atoms with van der Waals surface area (Å²) in [4.78, 5) is 23.8. The molecule has 2 N–H and O–H groups in total. The van der Waals surface area contributed by atoms with Gasteiger partial charge in [0.2, 0.25) is 5.91 Å². The molecule has 1 heterocycles. The monoisotopic (exact) mass is 317 g/mol. The van der Waals surface area contributed by atoms with Crippen LogP contribution in [0.15, 0.2) is 24.3 Å². The standard InChI is InChI=1S/C18H23NO4/c1-12-4-2-3-5-13(12)15(10-16(20)21)19-17(22)14-11-18(14)6-8-23-9-7-18/h2-5,14-15H,6-11H2,1H3,(H,19,22)(H,20,21)/t14-,15+/m1/s1. The molecule has 0 unspecified atom stereocenters. The molecule has 1 aliphatic heterocycles. The maximum atomic E-state index is 12.6. The molecule has 0 aromatic heterocycles. The number of benzene rings is 1. The molecule has 1 amide bonds. The van der Waals surface area contributed by atoms with E-state index in [4.69, 9.17) is 4.74 Å². The van der Waals surface area contributed by atoms with Crippen LogP contribution in [0, 0.1) is 18.3 Å². The Morgan fingerprint density at radius 1 is 1.35 bits per heavy atom.